The van der Waals surface area contributed by atoms with E-state index in [-0.39, 0.29) is 5.82 Å². The van der Waals surface area contributed by atoms with E-state index in [9.17, 15) is 4.39 Å². The van der Waals surface area contributed by atoms with Gasteiger partial charge in [-0.3, -0.25) is 0 Å². The van der Waals surface area contributed by atoms with Gasteiger partial charge in [0.1, 0.15) is 5.82 Å². The third-order valence-corrected chi connectivity index (χ3v) is 3.56. The third-order valence-electron chi connectivity index (χ3n) is 3.56. The second-order valence-corrected chi connectivity index (χ2v) is 4.64. The summed E-state index contributed by atoms with van der Waals surface area (Å²) in [5.74, 6) is 0.963. The van der Waals surface area contributed by atoms with Crippen molar-refractivity contribution in [3.05, 3.63) is 29.6 Å². The Kier molecular flexibility index (Phi) is 2.94. The monoisotopic (exact) mass is 207 g/mol. The third kappa shape index (κ3) is 2.14. The van der Waals surface area contributed by atoms with Gasteiger partial charge in [-0.15, -0.1) is 0 Å². The average molecular weight is 207 g/mol. The summed E-state index contributed by atoms with van der Waals surface area (Å²) in [4.78, 5) is 0. The van der Waals surface area contributed by atoms with Crippen LogP contribution in [0.15, 0.2) is 18.2 Å². The van der Waals surface area contributed by atoms with Crippen LogP contribution in [0, 0.1) is 11.7 Å². The predicted molar refractivity (Wildman–Crippen MR) is 61.2 cm³/mol. The van der Waals surface area contributed by atoms with Crippen LogP contribution in [-0.4, -0.2) is 0 Å². The van der Waals surface area contributed by atoms with Crippen LogP contribution in [0.25, 0.3) is 0 Å². The lowest BCUT2D eigenvalue weighted by Gasteiger charge is -2.29. The average Bonchev–Trinajstić information content (AvgIpc) is 2.20. The van der Waals surface area contributed by atoms with Crippen molar-refractivity contribution in [1.82, 2.24) is 0 Å². The number of hydrogen-bond donors (Lipinski definition) is 1. The lowest BCUT2D eigenvalue weighted by molar-refractivity contribution is 0.331. The van der Waals surface area contributed by atoms with E-state index in [1.165, 1.54) is 37.8 Å². The maximum atomic E-state index is 12.9. The van der Waals surface area contributed by atoms with Gasteiger partial charge in [-0.2, -0.15) is 0 Å². The van der Waals surface area contributed by atoms with Crippen molar-refractivity contribution in [3.8, 4) is 0 Å². The summed E-state index contributed by atoms with van der Waals surface area (Å²) in [6, 6.07) is 4.82. The summed E-state index contributed by atoms with van der Waals surface area (Å²) >= 11 is 0. The summed E-state index contributed by atoms with van der Waals surface area (Å²) in [5.41, 5.74) is 7.64. The van der Waals surface area contributed by atoms with Gasteiger partial charge < -0.3 is 5.73 Å². The number of rotatable bonds is 1. The van der Waals surface area contributed by atoms with Crippen LogP contribution in [-0.2, 0) is 0 Å². The van der Waals surface area contributed by atoms with Crippen LogP contribution in [0.4, 0.5) is 10.1 Å². The summed E-state index contributed by atoms with van der Waals surface area (Å²) in [6.07, 6.45) is 5.04. The molecule has 15 heavy (non-hydrogen) atoms. The number of nitrogens with two attached hydrogens (primary N) is 1. The number of halogens is 1. The SMILES string of the molecule is C[C@H]1CCCC[C@H]1c1ccc(F)cc1N. The smallest absolute Gasteiger partial charge is 0.125 e. The molecule has 0 unspecified atom stereocenters. The quantitative estimate of drug-likeness (QED) is 0.698. The Hall–Kier alpha value is -1.05. The molecule has 0 aromatic heterocycles. The second kappa shape index (κ2) is 4.21. The Morgan fingerprint density at radius 1 is 1.27 bits per heavy atom. The minimum Gasteiger partial charge on any atom is -0.398 e. The maximum absolute atomic E-state index is 12.9. The largest absolute Gasteiger partial charge is 0.398 e. The zero-order valence-electron chi connectivity index (χ0n) is 9.17. The van der Waals surface area contributed by atoms with Gasteiger partial charge in [0.05, 0.1) is 0 Å². The normalized spacial score (nSPS) is 26.5. The Labute approximate surface area is 90.5 Å². The van der Waals surface area contributed by atoms with E-state index < -0.39 is 0 Å². The van der Waals surface area contributed by atoms with Gasteiger partial charge in [-0.25, -0.2) is 4.39 Å². The van der Waals surface area contributed by atoms with Gasteiger partial charge in [0, 0.05) is 5.69 Å². The van der Waals surface area contributed by atoms with E-state index in [1.807, 2.05) is 6.07 Å². The van der Waals surface area contributed by atoms with E-state index in [0.717, 1.165) is 5.56 Å². The second-order valence-electron chi connectivity index (χ2n) is 4.64. The molecule has 2 rings (SSSR count). The zero-order valence-corrected chi connectivity index (χ0v) is 9.17. The van der Waals surface area contributed by atoms with Crippen molar-refractivity contribution in [1.29, 1.82) is 0 Å². The molecule has 2 atom stereocenters. The van der Waals surface area contributed by atoms with E-state index >= 15 is 0 Å². The van der Waals surface area contributed by atoms with E-state index in [1.54, 1.807) is 0 Å². The first-order chi connectivity index (χ1) is 7.18. The molecule has 1 aliphatic carbocycles. The van der Waals surface area contributed by atoms with E-state index in [2.05, 4.69) is 6.92 Å². The van der Waals surface area contributed by atoms with E-state index in [0.29, 0.717) is 17.5 Å². The number of nitrogen functional groups attached to an aromatic ring is 1. The summed E-state index contributed by atoms with van der Waals surface area (Å²) < 4.78 is 12.9. The molecule has 0 aliphatic heterocycles. The highest BCUT2D eigenvalue weighted by Crippen LogP contribution is 2.39. The van der Waals surface area contributed by atoms with Crippen molar-refractivity contribution in [3.63, 3.8) is 0 Å². The first-order valence-corrected chi connectivity index (χ1v) is 5.73. The predicted octanol–water partition coefficient (Wildman–Crippen LogP) is 3.70. The van der Waals surface area contributed by atoms with Gasteiger partial charge >= 0.3 is 0 Å². The lowest BCUT2D eigenvalue weighted by Crippen LogP contribution is -2.16. The molecule has 2 N–H and O–H groups in total. The molecule has 0 amide bonds. The van der Waals surface area contributed by atoms with Crippen LogP contribution in [0.1, 0.15) is 44.1 Å². The number of hydrogen-bond acceptors (Lipinski definition) is 1. The highest BCUT2D eigenvalue weighted by atomic mass is 19.1. The summed E-state index contributed by atoms with van der Waals surface area (Å²) in [6.45, 7) is 2.27. The van der Waals surface area contributed by atoms with Crippen LogP contribution in [0.2, 0.25) is 0 Å². The first-order valence-electron chi connectivity index (χ1n) is 5.73. The molecule has 1 aromatic rings. The topological polar surface area (TPSA) is 26.0 Å². The van der Waals surface area contributed by atoms with Crippen LogP contribution >= 0.6 is 0 Å². The molecular weight excluding hydrogens is 189 g/mol. The van der Waals surface area contributed by atoms with Crippen molar-refractivity contribution < 1.29 is 4.39 Å². The number of anilines is 1. The molecule has 82 valence electrons. The minimum atomic E-state index is -0.236. The maximum Gasteiger partial charge on any atom is 0.125 e. The summed E-state index contributed by atoms with van der Waals surface area (Å²) in [7, 11) is 0. The Morgan fingerprint density at radius 3 is 2.67 bits per heavy atom. The lowest BCUT2D eigenvalue weighted by atomic mass is 9.76. The fraction of sp³-hybridized carbons (Fsp3) is 0.538. The molecule has 1 saturated carbocycles. The first kappa shape index (κ1) is 10.5. The van der Waals surface area contributed by atoms with Gasteiger partial charge in [-0.05, 0) is 36.0 Å². The molecule has 1 aliphatic rings. The molecule has 0 radical (unpaired) electrons. The molecule has 1 fully saturated rings. The van der Waals surface area contributed by atoms with Gasteiger partial charge in [-0.1, -0.05) is 32.3 Å². The van der Waals surface area contributed by atoms with Crippen LogP contribution in [0.3, 0.4) is 0 Å². The van der Waals surface area contributed by atoms with Gasteiger partial charge in [0.25, 0.3) is 0 Å². The molecule has 0 spiro atoms. The van der Waals surface area contributed by atoms with E-state index in [4.69, 9.17) is 5.73 Å². The Bertz CT molecular complexity index is 348. The molecule has 1 aromatic carbocycles. The highest BCUT2D eigenvalue weighted by Gasteiger charge is 2.24. The van der Waals surface area contributed by atoms with Crippen LogP contribution in [0.5, 0.6) is 0 Å². The van der Waals surface area contributed by atoms with Crippen molar-refractivity contribution in [2.75, 3.05) is 5.73 Å². The zero-order chi connectivity index (χ0) is 10.8. The Balaban J connectivity index is 2.27. The van der Waals surface area contributed by atoms with Gasteiger partial charge in [0.15, 0.2) is 0 Å². The minimum absolute atomic E-state index is 0.236. The molecule has 0 heterocycles. The molecular formula is C13H18FN. The molecule has 2 heteroatoms. The van der Waals surface area contributed by atoms with Crippen LogP contribution < -0.4 is 5.73 Å². The fourth-order valence-corrected chi connectivity index (χ4v) is 2.66. The van der Waals surface area contributed by atoms with Crippen molar-refractivity contribution >= 4 is 5.69 Å². The fourth-order valence-electron chi connectivity index (χ4n) is 2.66. The van der Waals surface area contributed by atoms with Crippen molar-refractivity contribution in [2.45, 2.75) is 38.5 Å². The molecule has 1 nitrogen and oxygen atoms in total. The summed E-state index contributed by atoms with van der Waals surface area (Å²) in [5, 5.41) is 0. The molecule has 0 bridgehead atoms. The molecule has 0 saturated heterocycles. The van der Waals surface area contributed by atoms with Gasteiger partial charge in [0.2, 0.25) is 0 Å². The van der Waals surface area contributed by atoms with Crippen molar-refractivity contribution in [2.24, 2.45) is 5.92 Å². The standard InChI is InChI=1S/C13H18FN/c1-9-4-2-3-5-11(9)12-7-6-10(14)8-13(12)15/h6-9,11H,2-5,15H2,1H3/t9-,11+/m0/s1. The Morgan fingerprint density at radius 2 is 2.00 bits per heavy atom. The highest BCUT2D eigenvalue weighted by molar-refractivity contribution is 5.49. The number of benzene rings is 1.